The summed E-state index contributed by atoms with van der Waals surface area (Å²) < 4.78 is 0. The molecule has 7 heteroatoms. The summed E-state index contributed by atoms with van der Waals surface area (Å²) in [5, 5.41) is 16.7. The van der Waals surface area contributed by atoms with Crippen LogP contribution in [0.5, 0.6) is 5.75 Å². The Labute approximate surface area is 173 Å². The van der Waals surface area contributed by atoms with Crippen molar-refractivity contribution in [1.82, 2.24) is 14.8 Å². The number of rotatable bonds is 2. The van der Waals surface area contributed by atoms with Crippen molar-refractivity contribution < 1.29 is 9.90 Å². The largest absolute Gasteiger partial charge is 0.502 e. The van der Waals surface area contributed by atoms with Crippen LogP contribution in [0.25, 0.3) is 0 Å². The Morgan fingerprint density at radius 3 is 2.20 bits per heavy atom. The molecule has 1 aliphatic carbocycles. The monoisotopic (exact) mass is 402 g/mol. The Kier molecular flexibility index (Phi) is 4.31. The van der Waals surface area contributed by atoms with Gasteiger partial charge in [-0.05, 0) is 42.0 Å². The highest BCUT2D eigenvalue weighted by atomic mass is 16.3. The highest BCUT2D eigenvalue weighted by Gasteiger charge is 2.38. The predicted molar refractivity (Wildman–Crippen MR) is 112 cm³/mol. The van der Waals surface area contributed by atoms with Crippen LogP contribution in [0.1, 0.15) is 45.7 Å². The maximum Gasteiger partial charge on any atom is 0.279 e. The van der Waals surface area contributed by atoms with E-state index in [1.54, 1.807) is 4.90 Å². The summed E-state index contributed by atoms with van der Waals surface area (Å²) in [4.78, 5) is 28.0. The number of aryl methyl sites for hydroxylation is 2. The number of hydrogen-bond donors (Lipinski definition) is 1. The second kappa shape index (κ2) is 7.02. The molecule has 1 aliphatic heterocycles. The van der Waals surface area contributed by atoms with Crippen LogP contribution in [0.3, 0.4) is 0 Å². The van der Waals surface area contributed by atoms with E-state index in [1.165, 1.54) is 15.9 Å². The first-order valence-electron chi connectivity index (χ1n) is 10.1. The van der Waals surface area contributed by atoms with E-state index in [0.717, 1.165) is 30.2 Å². The van der Waals surface area contributed by atoms with Crippen LogP contribution in [-0.4, -0.2) is 39.0 Å². The molecule has 2 aromatic carbocycles. The highest BCUT2D eigenvalue weighted by molar-refractivity contribution is 5.95. The van der Waals surface area contributed by atoms with Gasteiger partial charge in [0.1, 0.15) is 12.9 Å². The zero-order valence-electron chi connectivity index (χ0n) is 16.7. The molecule has 5 rings (SSSR count). The molecule has 7 nitrogen and oxygen atoms in total. The first-order valence-corrected chi connectivity index (χ1v) is 10.1. The minimum Gasteiger partial charge on any atom is -0.502 e. The maximum atomic E-state index is 12.9. The van der Waals surface area contributed by atoms with E-state index >= 15 is 0 Å². The molecule has 0 bridgehead atoms. The average Bonchev–Trinajstić information content (AvgIpc) is 2.93. The topological polar surface area (TPSA) is 78.7 Å². The molecule has 0 fully saturated rings. The molecule has 2 aliphatic rings. The van der Waals surface area contributed by atoms with Gasteiger partial charge in [-0.2, -0.15) is 9.89 Å². The first kappa shape index (κ1) is 18.4. The quantitative estimate of drug-likeness (QED) is 0.711. The van der Waals surface area contributed by atoms with Crippen molar-refractivity contribution in [1.29, 1.82) is 0 Å². The van der Waals surface area contributed by atoms with Gasteiger partial charge in [0.05, 0.1) is 6.04 Å². The minimum atomic E-state index is -0.658. The molecule has 30 heavy (non-hydrogen) atoms. The second-order valence-corrected chi connectivity index (χ2v) is 7.64. The van der Waals surface area contributed by atoms with Gasteiger partial charge >= 0.3 is 0 Å². The first-order chi connectivity index (χ1) is 14.6. The Bertz CT molecular complexity index is 1160. The van der Waals surface area contributed by atoms with Crippen LogP contribution in [0.4, 0.5) is 0 Å². The predicted octanol–water partition coefficient (Wildman–Crippen LogP) is 2.21. The zero-order valence-corrected chi connectivity index (χ0v) is 16.7. The number of hydrogen-bond acceptors (Lipinski definition) is 5. The standard InChI is InChI=1S/C23H22N4O3/c1-2-25-14-26(27-21(23(25)30)22(29)19(28)13-24-27)20-17-9-5-3-7-15(17)11-12-16-8-4-6-10-18(16)20/h3-10,13,20,29H,2,11-12,14H2,1H3. The molecule has 2 heterocycles. The Morgan fingerprint density at radius 2 is 1.60 bits per heavy atom. The summed E-state index contributed by atoms with van der Waals surface area (Å²) in [6.07, 6.45) is 2.91. The number of nitrogens with zero attached hydrogens (tertiary/aromatic N) is 4. The van der Waals surface area contributed by atoms with E-state index in [2.05, 4.69) is 29.4 Å². The van der Waals surface area contributed by atoms with Gasteiger partial charge in [-0.25, -0.2) is 0 Å². The molecular formula is C23H22N4O3. The molecular weight excluding hydrogens is 380 g/mol. The summed E-state index contributed by atoms with van der Waals surface area (Å²) in [7, 11) is 0. The molecule has 0 saturated heterocycles. The molecule has 0 unspecified atom stereocenters. The smallest absolute Gasteiger partial charge is 0.279 e. The van der Waals surface area contributed by atoms with Gasteiger partial charge < -0.3 is 10.0 Å². The number of carbonyl (C=O) groups excluding carboxylic acids is 1. The number of benzene rings is 2. The van der Waals surface area contributed by atoms with Crippen molar-refractivity contribution in [2.45, 2.75) is 25.8 Å². The third-order valence-electron chi connectivity index (χ3n) is 6.03. The summed E-state index contributed by atoms with van der Waals surface area (Å²) in [6.45, 7) is 2.63. The number of fused-ring (bicyclic) bond motifs is 3. The lowest BCUT2D eigenvalue weighted by Gasteiger charge is -2.42. The van der Waals surface area contributed by atoms with Crippen LogP contribution in [0.15, 0.2) is 59.5 Å². The molecule has 3 aromatic rings. The van der Waals surface area contributed by atoms with Crippen LogP contribution in [0.2, 0.25) is 0 Å². The second-order valence-electron chi connectivity index (χ2n) is 7.64. The van der Waals surface area contributed by atoms with E-state index in [4.69, 9.17) is 0 Å². The molecule has 1 N–H and O–H groups in total. The van der Waals surface area contributed by atoms with E-state index < -0.39 is 17.1 Å². The summed E-state index contributed by atoms with van der Waals surface area (Å²) in [6, 6.07) is 16.4. The molecule has 0 saturated carbocycles. The Hall–Kier alpha value is -3.61. The van der Waals surface area contributed by atoms with Crippen molar-refractivity contribution in [3.63, 3.8) is 0 Å². The van der Waals surface area contributed by atoms with Gasteiger partial charge in [-0.3, -0.25) is 14.6 Å². The lowest BCUT2D eigenvalue weighted by Crippen LogP contribution is -2.56. The maximum absolute atomic E-state index is 12.9. The lowest BCUT2D eigenvalue weighted by molar-refractivity contribution is 0.0678. The number of aromatic nitrogens is 2. The zero-order chi connectivity index (χ0) is 20.8. The van der Waals surface area contributed by atoms with Gasteiger partial charge in [0.25, 0.3) is 5.91 Å². The van der Waals surface area contributed by atoms with E-state index in [-0.39, 0.29) is 11.7 Å². The van der Waals surface area contributed by atoms with E-state index in [0.29, 0.717) is 13.2 Å². The van der Waals surface area contributed by atoms with Crippen molar-refractivity contribution in [2.75, 3.05) is 18.2 Å². The third kappa shape index (κ3) is 2.69. The number of aromatic hydroxyl groups is 1. The number of amides is 1. The van der Waals surface area contributed by atoms with Gasteiger partial charge in [0, 0.05) is 6.54 Å². The molecule has 1 aromatic heterocycles. The van der Waals surface area contributed by atoms with Crippen molar-refractivity contribution >= 4 is 5.91 Å². The number of carbonyl (C=O) groups is 1. The van der Waals surface area contributed by atoms with Gasteiger partial charge in [0.2, 0.25) is 5.43 Å². The summed E-state index contributed by atoms with van der Waals surface area (Å²) in [5.74, 6) is -0.958. The molecule has 152 valence electrons. The van der Waals surface area contributed by atoms with Crippen LogP contribution < -0.4 is 10.4 Å². The average molecular weight is 402 g/mol. The van der Waals surface area contributed by atoms with Crippen LogP contribution in [-0.2, 0) is 12.8 Å². The molecule has 1 amide bonds. The van der Waals surface area contributed by atoms with Crippen molar-refractivity contribution in [3.8, 4) is 5.75 Å². The van der Waals surface area contributed by atoms with Gasteiger partial charge in [0.15, 0.2) is 11.4 Å². The molecule has 0 spiro atoms. The van der Waals surface area contributed by atoms with Gasteiger partial charge in [-0.15, -0.1) is 0 Å². The third-order valence-corrected chi connectivity index (χ3v) is 6.03. The highest BCUT2D eigenvalue weighted by Crippen LogP contribution is 2.37. The molecule has 0 radical (unpaired) electrons. The Morgan fingerprint density at radius 1 is 1.00 bits per heavy atom. The van der Waals surface area contributed by atoms with Crippen LogP contribution in [0, 0.1) is 0 Å². The van der Waals surface area contributed by atoms with Crippen LogP contribution >= 0.6 is 0 Å². The fraction of sp³-hybridized carbons (Fsp3) is 0.261. The lowest BCUT2D eigenvalue weighted by atomic mass is 9.94. The van der Waals surface area contributed by atoms with Crippen molar-refractivity contribution in [3.05, 3.63) is 92.9 Å². The fourth-order valence-electron chi connectivity index (χ4n) is 4.52. The van der Waals surface area contributed by atoms with E-state index in [1.807, 2.05) is 36.2 Å². The summed E-state index contributed by atoms with van der Waals surface area (Å²) in [5.41, 5.74) is 4.01. The minimum absolute atomic E-state index is 0.0881. The summed E-state index contributed by atoms with van der Waals surface area (Å²) >= 11 is 0. The molecule has 0 atom stereocenters. The Balaban J connectivity index is 1.78. The van der Waals surface area contributed by atoms with Gasteiger partial charge in [-0.1, -0.05) is 48.5 Å². The fourth-order valence-corrected chi connectivity index (χ4v) is 4.52. The van der Waals surface area contributed by atoms with Crippen molar-refractivity contribution in [2.24, 2.45) is 0 Å². The normalized spacial score (nSPS) is 16.0. The van der Waals surface area contributed by atoms with E-state index in [9.17, 15) is 14.7 Å². The SMILES string of the molecule is CCN1CN(C2c3ccccc3CCc3ccccc32)n2ncc(=O)c(O)c2C1=O.